The molecule has 1 aliphatic heterocycles. The minimum Gasteiger partial charge on any atom is -0.329 e. The van der Waals surface area contributed by atoms with E-state index in [1.54, 1.807) is 0 Å². The highest BCUT2D eigenvalue weighted by Gasteiger charge is 2.24. The van der Waals surface area contributed by atoms with E-state index in [9.17, 15) is 0 Å². The van der Waals surface area contributed by atoms with Gasteiger partial charge in [0.25, 0.3) is 0 Å². The van der Waals surface area contributed by atoms with Gasteiger partial charge in [-0.05, 0) is 31.5 Å². The highest BCUT2D eigenvalue weighted by atomic mass is 79.9. The van der Waals surface area contributed by atoms with Crippen LogP contribution in [0.4, 0.5) is 0 Å². The molecule has 2 rings (SSSR count). The van der Waals surface area contributed by atoms with Gasteiger partial charge in [-0.1, -0.05) is 28.1 Å². The topological polar surface area (TPSA) is 32.5 Å². The molecule has 1 saturated heterocycles. The van der Waals surface area contributed by atoms with Gasteiger partial charge in [0.1, 0.15) is 0 Å². The Hall–Kier alpha value is -0.420. The van der Waals surface area contributed by atoms with Gasteiger partial charge in [0.15, 0.2) is 0 Å². The minimum atomic E-state index is 0.349. The minimum absolute atomic E-state index is 0.349. The van der Waals surface area contributed by atoms with E-state index in [1.165, 1.54) is 5.56 Å². The highest BCUT2D eigenvalue weighted by molar-refractivity contribution is 9.10. The second-order valence-electron chi connectivity index (χ2n) is 5.47. The predicted molar refractivity (Wildman–Crippen MR) is 84.2 cm³/mol. The lowest BCUT2D eigenvalue weighted by molar-refractivity contribution is 0.0802. The quantitative estimate of drug-likeness (QED) is 0.923. The largest absolute Gasteiger partial charge is 0.329 e. The average molecular weight is 326 g/mol. The summed E-state index contributed by atoms with van der Waals surface area (Å²) in [5.41, 5.74) is 7.32. The first-order valence-corrected chi connectivity index (χ1v) is 7.84. The van der Waals surface area contributed by atoms with Crippen LogP contribution in [0.5, 0.6) is 0 Å². The number of hydrogen-bond donors (Lipinski definition) is 1. The number of rotatable bonds is 4. The molecule has 1 heterocycles. The summed E-state index contributed by atoms with van der Waals surface area (Å²) in [5, 5.41) is 0. The van der Waals surface area contributed by atoms with Crippen molar-refractivity contribution in [2.45, 2.75) is 25.9 Å². The molecule has 0 radical (unpaired) electrons. The number of piperazine rings is 1. The van der Waals surface area contributed by atoms with Crippen LogP contribution >= 0.6 is 15.9 Å². The van der Waals surface area contributed by atoms with Crippen LogP contribution in [-0.2, 0) is 0 Å². The molecule has 0 spiro atoms. The average Bonchev–Trinajstić information content (AvgIpc) is 2.42. The Labute approximate surface area is 124 Å². The molecular weight excluding hydrogens is 302 g/mol. The summed E-state index contributed by atoms with van der Waals surface area (Å²) in [6, 6.07) is 9.55. The number of nitrogens with zero attached hydrogens (tertiary/aromatic N) is 2. The normalized spacial score (nSPS) is 19.8. The van der Waals surface area contributed by atoms with E-state index in [-0.39, 0.29) is 0 Å². The fraction of sp³-hybridized carbons (Fsp3) is 0.600. The van der Waals surface area contributed by atoms with E-state index in [2.05, 4.69) is 63.8 Å². The lowest BCUT2D eigenvalue weighted by Gasteiger charge is -2.40. The molecule has 1 aromatic carbocycles. The monoisotopic (exact) mass is 325 g/mol. The van der Waals surface area contributed by atoms with Crippen molar-refractivity contribution in [2.24, 2.45) is 5.73 Å². The van der Waals surface area contributed by atoms with Crippen LogP contribution in [0.3, 0.4) is 0 Å². The van der Waals surface area contributed by atoms with Crippen molar-refractivity contribution in [1.29, 1.82) is 0 Å². The SMILES string of the molecule is CC(C)N1CCN(C(CN)c2ccc(Br)cc2)CC1. The van der Waals surface area contributed by atoms with Gasteiger partial charge in [-0.3, -0.25) is 9.80 Å². The molecule has 3 nitrogen and oxygen atoms in total. The maximum atomic E-state index is 6.00. The number of nitrogens with two attached hydrogens (primary N) is 1. The van der Waals surface area contributed by atoms with Gasteiger partial charge in [0.2, 0.25) is 0 Å². The fourth-order valence-corrected chi connectivity index (χ4v) is 3.01. The lowest BCUT2D eigenvalue weighted by Crippen LogP contribution is -2.50. The van der Waals surface area contributed by atoms with E-state index < -0.39 is 0 Å². The van der Waals surface area contributed by atoms with Gasteiger partial charge in [0, 0.05) is 49.3 Å². The summed E-state index contributed by atoms with van der Waals surface area (Å²) >= 11 is 3.48. The smallest absolute Gasteiger partial charge is 0.0471 e. The third kappa shape index (κ3) is 3.78. The molecule has 2 N–H and O–H groups in total. The first-order valence-electron chi connectivity index (χ1n) is 7.05. The van der Waals surface area contributed by atoms with Gasteiger partial charge in [-0.25, -0.2) is 0 Å². The molecular formula is C15H24BrN3. The summed E-state index contributed by atoms with van der Waals surface area (Å²) in [6.45, 7) is 9.72. The molecule has 0 aliphatic carbocycles. The van der Waals surface area contributed by atoms with Crippen LogP contribution in [0.1, 0.15) is 25.5 Å². The number of hydrogen-bond acceptors (Lipinski definition) is 3. The van der Waals surface area contributed by atoms with Crippen molar-refractivity contribution in [3.05, 3.63) is 34.3 Å². The van der Waals surface area contributed by atoms with Crippen LogP contribution in [0.25, 0.3) is 0 Å². The van der Waals surface area contributed by atoms with Crippen molar-refractivity contribution in [1.82, 2.24) is 9.80 Å². The molecule has 1 atom stereocenters. The first-order chi connectivity index (χ1) is 9.11. The lowest BCUT2D eigenvalue weighted by atomic mass is 10.0. The Morgan fingerprint density at radius 1 is 1.05 bits per heavy atom. The molecule has 106 valence electrons. The predicted octanol–water partition coefficient (Wildman–Crippen LogP) is 2.47. The Bertz CT molecular complexity index is 383. The Kier molecular flexibility index (Phi) is 5.39. The summed E-state index contributed by atoms with van der Waals surface area (Å²) in [4.78, 5) is 5.05. The zero-order valence-electron chi connectivity index (χ0n) is 11.8. The van der Waals surface area contributed by atoms with Gasteiger partial charge in [0.05, 0.1) is 0 Å². The van der Waals surface area contributed by atoms with Crippen molar-refractivity contribution in [3.8, 4) is 0 Å². The van der Waals surface area contributed by atoms with Gasteiger partial charge in [-0.15, -0.1) is 0 Å². The zero-order valence-corrected chi connectivity index (χ0v) is 13.4. The van der Waals surface area contributed by atoms with Gasteiger partial charge < -0.3 is 5.73 Å². The zero-order chi connectivity index (χ0) is 13.8. The third-order valence-corrected chi connectivity index (χ3v) is 4.53. The van der Waals surface area contributed by atoms with E-state index >= 15 is 0 Å². The first kappa shape index (κ1) is 15.0. The molecule has 0 saturated carbocycles. The fourth-order valence-electron chi connectivity index (χ4n) is 2.75. The Balaban J connectivity index is 2.01. The Morgan fingerprint density at radius 2 is 1.58 bits per heavy atom. The standard InChI is InChI=1S/C15H24BrN3/c1-12(2)18-7-9-19(10-8-18)15(11-17)13-3-5-14(16)6-4-13/h3-6,12,15H,7-11,17H2,1-2H3. The van der Waals surface area contributed by atoms with E-state index in [0.29, 0.717) is 18.6 Å². The summed E-state index contributed by atoms with van der Waals surface area (Å²) in [7, 11) is 0. The van der Waals surface area contributed by atoms with Crippen LogP contribution in [-0.4, -0.2) is 48.6 Å². The van der Waals surface area contributed by atoms with Crippen LogP contribution in [0.2, 0.25) is 0 Å². The van der Waals surface area contributed by atoms with Crippen molar-refractivity contribution in [3.63, 3.8) is 0 Å². The second kappa shape index (κ2) is 6.84. The molecule has 1 unspecified atom stereocenters. The van der Waals surface area contributed by atoms with Crippen molar-refractivity contribution in [2.75, 3.05) is 32.7 Å². The summed E-state index contributed by atoms with van der Waals surface area (Å²) in [5.74, 6) is 0. The molecule has 1 aliphatic rings. The summed E-state index contributed by atoms with van der Waals surface area (Å²) < 4.78 is 1.12. The Morgan fingerprint density at radius 3 is 2.05 bits per heavy atom. The van der Waals surface area contributed by atoms with Crippen LogP contribution in [0, 0.1) is 0 Å². The molecule has 19 heavy (non-hydrogen) atoms. The van der Waals surface area contributed by atoms with E-state index in [0.717, 1.165) is 30.7 Å². The number of halogens is 1. The second-order valence-corrected chi connectivity index (χ2v) is 6.38. The van der Waals surface area contributed by atoms with Gasteiger partial charge >= 0.3 is 0 Å². The van der Waals surface area contributed by atoms with E-state index in [4.69, 9.17) is 5.73 Å². The van der Waals surface area contributed by atoms with Crippen molar-refractivity contribution >= 4 is 15.9 Å². The number of benzene rings is 1. The highest BCUT2D eigenvalue weighted by Crippen LogP contribution is 2.23. The van der Waals surface area contributed by atoms with Gasteiger partial charge in [-0.2, -0.15) is 0 Å². The maximum Gasteiger partial charge on any atom is 0.0471 e. The summed E-state index contributed by atoms with van der Waals surface area (Å²) in [6.07, 6.45) is 0. The molecule has 0 amide bonds. The third-order valence-electron chi connectivity index (χ3n) is 4.00. The maximum absolute atomic E-state index is 6.00. The molecule has 1 fully saturated rings. The van der Waals surface area contributed by atoms with Crippen molar-refractivity contribution < 1.29 is 0 Å². The molecule has 4 heteroatoms. The van der Waals surface area contributed by atoms with Crippen LogP contribution in [0.15, 0.2) is 28.7 Å². The molecule has 0 bridgehead atoms. The van der Waals surface area contributed by atoms with E-state index in [1.807, 2.05) is 0 Å². The van der Waals surface area contributed by atoms with Crippen LogP contribution < -0.4 is 5.73 Å². The molecule has 0 aromatic heterocycles. The molecule has 1 aromatic rings.